The molecule has 0 unspecified atom stereocenters. The first-order valence-electron chi connectivity index (χ1n) is 4.10. The summed E-state index contributed by atoms with van der Waals surface area (Å²) in [6.07, 6.45) is 1.98. The van der Waals surface area contributed by atoms with Crippen molar-refractivity contribution < 1.29 is 0 Å². The largest absolute Gasteiger partial charge is 0.384 e. The van der Waals surface area contributed by atoms with Crippen molar-refractivity contribution in [2.45, 2.75) is 0 Å². The maximum Gasteiger partial charge on any atom is 0.195 e. The molecule has 2 N–H and O–H groups in total. The van der Waals surface area contributed by atoms with Gasteiger partial charge in [0.2, 0.25) is 0 Å². The van der Waals surface area contributed by atoms with Crippen LogP contribution in [0.2, 0.25) is 0 Å². The molecule has 0 bridgehead atoms. The first kappa shape index (κ1) is 8.02. The van der Waals surface area contributed by atoms with Gasteiger partial charge in [0, 0.05) is 11.6 Å². The van der Waals surface area contributed by atoms with E-state index in [0.717, 1.165) is 16.5 Å². The zero-order valence-electron chi connectivity index (χ0n) is 7.18. The van der Waals surface area contributed by atoms with Gasteiger partial charge in [0.05, 0.1) is 4.88 Å². The van der Waals surface area contributed by atoms with Crippen LogP contribution >= 0.6 is 22.7 Å². The van der Waals surface area contributed by atoms with Crippen LogP contribution in [0.4, 0.5) is 5.82 Å². The molecule has 70 valence electrons. The van der Waals surface area contributed by atoms with Crippen molar-refractivity contribution in [2.24, 2.45) is 0 Å². The van der Waals surface area contributed by atoms with Crippen molar-refractivity contribution in [1.29, 1.82) is 0 Å². The van der Waals surface area contributed by atoms with Crippen LogP contribution in [0.5, 0.6) is 0 Å². The molecular formula is C9H7N3S2. The molecule has 3 aromatic rings. The van der Waals surface area contributed by atoms with Crippen molar-refractivity contribution in [3.8, 4) is 10.6 Å². The Kier molecular flexibility index (Phi) is 1.62. The Balaban J connectivity index is 2.24. The van der Waals surface area contributed by atoms with Crippen LogP contribution < -0.4 is 5.73 Å². The Bertz CT molecular complexity index is 562. The summed E-state index contributed by atoms with van der Waals surface area (Å²) in [5.74, 6) is 0.750. The van der Waals surface area contributed by atoms with Crippen LogP contribution in [0.1, 0.15) is 0 Å². The highest BCUT2D eigenvalue weighted by Gasteiger charge is 2.07. The van der Waals surface area contributed by atoms with E-state index in [1.807, 2.05) is 27.4 Å². The summed E-state index contributed by atoms with van der Waals surface area (Å²) in [4.78, 5) is 6.62. The Morgan fingerprint density at radius 1 is 1.36 bits per heavy atom. The molecule has 3 heterocycles. The molecule has 0 spiro atoms. The van der Waals surface area contributed by atoms with Crippen molar-refractivity contribution >= 4 is 33.5 Å². The van der Waals surface area contributed by atoms with Gasteiger partial charge < -0.3 is 5.73 Å². The number of anilines is 1. The number of hydrogen-bond donors (Lipinski definition) is 1. The normalized spacial score (nSPS) is 11.1. The summed E-state index contributed by atoms with van der Waals surface area (Å²) in [5.41, 5.74) is 6.78. The standard InChI is InChI=1S/C9H7N3S2/c10-8-5-14-9-11-6(4-12(8)9)7-2-1-3-13-7/h1-5H,10H2. The van der Waals surface area contributed by atoms with Crippen LogP contribution in [0.25, 0.3) is 15.5 Å². The van der Waals surface area contributed by atoms with Gasteiger partial charge in [-0.05, 0) is 11.4 Å². The molecule has 0 aliphatic heterocycles. The molecular weight excluding hydrogens is 214 g/mol. The Morgan fingerprint density at radius 3 is 3.00 bits per heavy atom. The van der Waals surface area contributed by atoms with Crippen molar-refractivity contribution in [3.63, 3.8) is 0 Å². The van der Waals surface area contributed by atoms with Crippen LogP contribution in [0, 0.1) is 0 Å². The van der Waals surface area contributed by atoms with E-state index in [4.69, 9.17) is 5.73 Å². The Morgan fingerprint density at radius 2 is 2.29 bits per heavy atom. The monoisotopic (exact) mass is 221 g/mol. The first-order valence-corrected chi connectivity index (χ1v) is 5.86. The number of aromatic nitrogens is 2. The van der Waals surface area contributed by atoms with Gasteiger partial charge in [-0.2, -0.15) is 0 Å². The molecule has 0 saturated heterocycles. The number of nitrogens with zero attached hydrogens (tertiary/aromatic N) is 2. The van der Waals surface area contributed by atoms with E-state index in [-0.39, 0.29) is 0 Å². The lowest BCUT2D eigenvalue weighted by atomic mass is 10.4. The van der Waals surface area contributed by atoms with Crippen molar-refractivity contribution in [2.75, 3.05) is 5.73 Å². The molecule has 0 saturated carbocycles. The van der Waals surface area contributed by atoms with Gasteiger partial charge in [-0.15, -0.1) is 22.7 Å². The number of nitrogen functional groups attached to an aromatic ring is 1. The average molecular weight is 221 g/mol. The molecule has 0 aliphatic rings. The summed E-state index contributed by atoms with van der Waals surface area (Å²) < 4.78 is 1.92. The van der Waals surface area contributed by atoms with Crippen molar-refractivity contribution in [3.05, 3.63) is 29.1 Å². The van der Waals surface area contributed by atoms with Crippen LogP contribution in [0.3, 0.4) is 0 Å². The first-order chi connectivity index (χ1) is 6.84. The number of rotatable bonds is 1. The maximum absolute atomic E-state index is 5.78. The minimum atomic E-state index is 0.750. The van der Waals surface area contributed by atoms with Gasteiger partial charge in [-0.1, -0.05) is 6.07 Å². The fourth-order valence-corrected chi connectivity index (χ4v) is 2.79. The topological polar surface area (TPSA) is 43.3 Å². The van der Waals surface area contributed by atoms with Gasteiger partial charge in [0.15, 0.2) is 4.96 Å². The van der Waals surface area contributed by atoms with Crippen LogP contribution in [0.15, 0.2) is 29.1 Å². The van der Waals surface area contributed by atoms with E-state index < -0.39 is 0 Å². The molecule has 3 rings (SSSR count). The maximum atomic E-state index is 5.78. The number of thiazole rings is 1. The van der Waals surface area contributed by atoms with E-state index in [9.17, 15) is 0 Å². The third kappa shape index (κ3) is 1.06. The second-order valence-electron chi connectivity index (χ2n) is 2.92. The van der Waals surface area contributed by atoms with Gasteiger partial charge in [-0.25, -0.2) is 4.98 Å². The van der Waals surface area contributed by atoms with E-state index in [1.54, 1.807) is 22.7 Å². The lowest BCUT2D eigenvalue weighted by Gasteiger charge is -1.87. The fourth-order valence-electron chi connectivity index (χ4n) is 1.34. The summed E-state index contributed by atoms with van der Waals surface area (Å²) in [6.45, 7) is 0. The number of imidazole rings is 1. The second kappa shape index (κ2) is 2.83. The molecule has 0 atom stereocenters. The predicted octanol–water partition coefficient (Wildman–Crippen LogP) is 2.71. The highest BCUT2D eigenvalue weighted by atomic mass is 32.1. The van der Waals surface area contributed by atoms with Gasteiger partial charge >= 0.3 is 0 Å². The van der Waals surface area contributed by atoms with Crippen LogP contribution in [-0.2, 0) is 0 Å². The third-order valence-electron chi connectivity index (χ3n) is 2.01. The minimum Gasteiger partial charge on any atom is -0.384 e. The highest BCUT2D eigenvalue weighted by Crippen LogP contribution is 2.27. The van der Waals surface area contributed by atoms with E-state index in [2.05, 4.69) is 11.1 Å². The molecule has 0 fully saturated rings. The van der Waals surface area contributed by atoms with Crippen molar-refractivity contribution in [1.82, 2.24) is 9.38 Å². The Hall–Kier alpha value is -1.33. The molecule has 0 aliphatic carbocycles. The lowest BCUT2D eigenvalue weighted by molar-refractivity contribution is 1.24. The predicted molar refractivity (Wildman–Crippen MR) is 60.8 cm³/mol. The lowest BCUT2D eigenvalue weighted by Crippen LogP contribution is -1.87. The molecule has 5 heteroatoms. The van der Waals surface area contributed by atoms with Gasteiger partial charge in [-0.3, -0.25) is 4.40 Å². The Labute approximate surface area is 88.4 Å². The highest BCUT2D eigenvalue weighted by molar-refractivity contribution is 7.15. The summed E-state index contributed by atoms with van der Waals surface area (Å²) in [6, 6.07) is 4.09. The summed E-state index contributed by atoms with van der Waals surface area (Å²) >= 11 is 3.25. The molecule has 0 amide bonds. The smallest absolute Gasteiger partial charge is 0.195 e. The molecule has 3 nitrogen and oxygen atoms in total. The zero-order chi connectivity index (χ0) is 9.54. The van der Waals surface area contributed by atoms with Crippen LogP contribution in [-0.4, -0.2) is 9.38 Å². The number of hydrogen-bond acceptors (Lipinski definition) is 4. The number of nitrogens with two attached hydrogens (primary N) is 1. The van der Waals surface area contributed by atoms with Gasteiger partial charge in [0.25, 0.3) is 0 Å². The average Bonchev–Trinajstić information content (AvgIpc) is 2.83. The number of fused-ring (bicyclic) bond motifs is 1. The molecule has 0 aromatic carbocycles. The second-order valence-corrected chi connectivity index (χ2v) is 4.70. The zero-order valence-corrected chi connectivity index (χ0v) is 8.81. The summed E-state index contributed by atoms with van der Waals surface area (Å²) in [7, 11) is 0. The molecule has 14 heavy (non-hydrogen) atoms. The fraction of sp³-hybridized carbons (Fsp3) is 0. The number of thiophene rings is 1. The molecule has 3 aromatic heterocycles. The van der Waals surface area contributed by atoms with E-state index >= 15 is 0 Å². The minimum absolute atomic E-state index is 0.750. The van der Waals surface area contributed by atoms with E-state index in [0.29, 0.717) is 0 Å². The molecule has 0 radical (unpaired) electrons. The van der Waals surface area contributed by atoms with E-state index in [1.165, 1.54) is 4.88 Å². The quantitative estimate of drug-likeness (QED) is 0.686. The third-order valence-corrected chi connectivity index (χ3v) is 3.76. The summed E-state index contributed by atoms with van der Waals surface area (Å²) in [5, 5.41) is 3.95. The SMILES string of the molecule is Nc1csc2nc(-c3cccs3)cn12. The van der Waals surface area contributed by atoms with Gasteiger partial charge in [0.1, 0.15) is 11.5 Å².